The van der Waals surface area contributed by atoms with Crippen LogP contribution in [0.15, 0.2) is 40.8 Å². The van der Waals surface area contributed by atoms with E-state index in [0.29, 0.717) is 30.6 Å². The molecule has 2 aromatic rings. The predicted molar refractivity (Wildman–Crippen MR) is 99.1 cm³/mol. The summed E-state index contributed by atoms with van der Waals surface area (Å²) in [5.41, 5.74) is 1.28. The number of furan rings is 1. The molecule has 0 fully saturated rings. The number of hydrogen-bond donors (Lipinski definition) is 1. The summed E-state index contributed by atoms with van der Waals surface area (Å²) >= 11 is 0. The lowest BCUT2D eigenvalue weighted by Gasteiger charge is -2.09. The van der Waals surface area contributed by atoms with Crippen molar-refractivity contribution in [3.05, 3.63) is 53.5 Å². The largest absolute Gasteiger partial charge is 0.486 e. The average Bonchev–Trinajstić information content (AvgIpc) is 3.06. The highest BCUT2D eigenvalue weighted by molar-refractivity contribution is 5.91. The molecule has 0 aliphatic rings. The van der Waals surface area contributed by atoms with Crippen LogP contribution >= 0.6 is 0 Å². The quantitative estimate of drug-likeness (QED) is 0.705. The molecule has 1 N–H and O–H groups in total. The van der Waals surface area contributed by atoms with E-state index in [2.05, 4.69) is 36.2 Å². The molecule has 1 amide bonds. The number of rotatable bonds is 9. The maximum absolute atomic E-state index is 12.0. The molecule has 0 aliphatic heterocycles. The van der Waals surface area contributed by atoms with Crippen molar-refractivity contribution in [3.8, 4) is 5.75 Å². The summed E-state index contributed by atoms with van der Waals surface area (Å²) in [7, 11) is 4.02. The van der Waals surface area contributed by atoms with E-state index < -0.39 is 0 Å². The Morgan fingerprint density at radius 2 is 1.88 bits per heavy atom. The highest BCUT2D eigenvalue weighted by Crippen LogP contribution is 2.19. The zero-order valence-electron chi connectivity index (χ0n) is 15.5. The third-order valence-electron chi connectivity index (χ3n) is 3.88. The zero-order valence-corrected chi connectivity index (χ0v) is 15.5. The van der Waals surface area contributed by atoms with Crippen LogP contribution in [0.3, 0.4) is 0 Å². The van der Waals surface area contributed by atoms with Crippen molar-refractivity contribution >= 4 is 5.91 Å². The first-order chi connectivity index (χ1) is 12.0. The second-order valence-corrected chi connectivity index (χ2v) is 6.69. The molecular formula is C20H28N2O3. The molecule has 1 aromatic heterocycles. The Balaban J connectivity index is 1.79. The molecule has 0 bridgehead atoms. The van der Waals surface area contributed by atoms with E-state index in [-0.39, 0.29) is 5.91 Å². The fourth-order valence-corrected chi connectivity index (χ4v) is 2.37. The van der Waals surface area contributed by atoms with Crippen LogP contribution in [0.4, 0.5) is 0 Å². The third-order valence-corrected chi connectivity index (χ3v) is 3.88. The van der Waals surface area contributed by atoms with Crippen LogP contribution in [0.1, 0.15) is 48.1 Å². The van der Waals surface area contributed by atoms with Gasteiger partial charge in [0.25, 0.3) is 5.91 Å². The van der Waals surface area contributed by atoms with Gasteiger partial charge >= 0.3 is 0 Å². The topological polar surface area (TPSA) is 54.7 Å². The van der Waals surface area contributed by atoms with E-state index in [0.717, 1.165) is 18.7 Å². The van der Waals surface area contributed by atoms with Crippen molar-refractivity contribution in [2.24, 2.45) is 0 Å². The maximum atomic E-state index is 12.0. The highest BCUT2D eigenvalue weighted by atomic mass is 16.5. The van der Waals surface area contributed by atoms with Gasteiger partial charge in [-0.05, 0) is 62.8 Å². The van der Waals surface area contributed by atoms with Crippen LogP contribution in [-0.4, -0.2) is 38.0 Å². The van der Waals surface area contributed by atoms with Crippen molar-refractivity contribution < 1.29 is 13.9 Å². The Bertz CT molecular complexity index is 660. The minimum Gasteiger partial charge on any atom is -0.486 e. The van der Waals surface area contributed by atoms with Crippen molar-refractivity contribution in [1.82, 2.24) is 10.2 Å². The van der Waals surface area contributed by atoms with Gasteiger partial charge in [0.05, 0.1) is 0 Å². The number of carbonyl (C=O) groups excluding carboxylic acids is 1. The molecule has 5 heteroatoms. The molecule has 0 spiro atoms. The Morgan fingerprint density at radius 1 is 1.16 bits per heavy atom. The van der Waals surface area contributed by atoms with Gasteiger partial charge in [0.2, 0.25) is 0 Å². The predicted octanol–water partition coefficient (Wildman–Crippen LogP) is 3.66. The van der Waals surface area contributed by atoms with Gasteiger partial charge < -0.3 is 19.4 Å². The number of ether oxygens (including phenoxy) is 1. The van der Waals surface area contributed by atoms with E-state index in [1.54, 1.807) is 12.1 Å². The molecule has 0 atom stereocenters. The van der Waals surface area contributed by atoms with Crippen LogP contribution < -0.4 is 10.1 Å². The summed E-state index contributed by atoms with van der Waals surface area (Å²) in [5, 5.41) is 2.86. The first-order valence-electron chi connectivity index (χ1n) is 8.70. The molecule has 136 valence electrons. The molecule has 0 radical (unpaired) electrons. The molecule has 5 nitrogen and oxygen atoms in total. The number of nitrogens with one attached hydrogen (secondary N) is 1. The molecule has 0 aliphatic carbocycles. The van der Waals surface area contributed by atoms with Gasteiger partial charge in [0, 0.05) is 6.54 Å². The molecule has 1 aromatic carbocycles. The fraction of sp³-hybridized carbons (Fsp3) is 0.450. The average molecular weight is 344 g/mol. The number of hydrogen-bond acceptors (Lipinski definition) is 4. The molecule has 0 saturated heterocycles. The van der Waals surface area contributed by atoms with Crippen molar-refractivity contribution in [3.63, 3.8) is 0 Å². The summed E-state index contributed by atoms with van der Waals surface area (Å²) in [6.45, 7) is 6.19. The lowest BCUT2D eigenvalue weighted by Crippen LogP contribution is -2.26. The minimum atomic E-state index is -0.189. The van der Waals surface area contributed by atoms with Crippen molar-refractivity contribution in [2.45, 2.75) is 32.8 Å². The van der Waals surface area contributed by atoms with Gasteiger partial charge in [0.1, 0.15) is 18.1 Å². The molecule has 0 unspecified atom stereocenters. The van der Waals surface area contributed by atoms with Gasteiger partial charge in [-0.15, -0.1) is 0 Å². The summed E-state index contributed by atoms with van der Waals surface area (Å²) in [5.74, 6) is 2.05. The van der Waals surface area contributed by atoms with E-state index >= 15 is 0 Å². The Labute approximate surface area is 150 Å². The van der Waals surface area contributed by atoms with Gasteiger partial charge in [-0.3, -0.25) is 4.79 Å². The zero-order chi connectivity index (χ0) is 18.2. The maximum Gasteiger partial charge on any atom is 0.286 e. The first kappa shape index (κ1) is 19.1. The standard InChI is InChI=1S/C20H28N2O3/c1-15(2)16-6-8-17(9-7-16)24-14-18-10-11-19(25-18)20(23)21-12-5-13-22(3)4/h6-11,15H,5,12-14H2,1-4H3,(H,21,23). The highest BCUT2D eigenvalue weighted by Gasteiger charge is 2.11. The van der Waals surface area contributed by atoms with Crippen molar-refractivity contribution in [1.29, 1.82) is 0 Å². The Morgan fingerprint density at radius 3 is 2.52 bits per heavy atom. The van der Waals surface area contributed by atoms with Crippen LogP contribution in [0.5, 0.6) is 5.75 Å². The summed E-state index contributed by atoms with van der Waals surface area (Å²) < 4.78 is 11.3. The van der Waals surface area contributed by atoms with E-state index in [1.807, 2.05) is 26.2 Å². The van der Waals surface area contributed by atoms with Gasteiger partial charge in [-0.2, -0.15) is 0 Å². The monoisotopic (exact) mass is 344 g/mol. The Hall–Kier alpha value is -2.27. The number of benzene rings is 1. The van der Waals surface area contributed by atoms with Crippen LogP contribution in [0.25, 0.3) is 0 Å². The van der Waals surface area contributed by atoms with E-state index in [9.17, 15) is 4.79 Å². The molecule has 25 heavy (non-hydrogen) atoms. The van der Waals surface area contributed by atoms with Crippen LogP contribution in [0, 0.1) is 0 Å². The van der Waals surface area contributed by atoms with Gasteiger partial charge in [-0.25, -0.2) is 0 Å². The second kappa shape index (κ2) is 9.28. The lowest BCUT2D eigenvalue weighted by molar-refractivity contribution is 0.0920. The summed E-state index contributed by atoms with van der Waals surface area (Å²) in [4.78, 5) is 14.1. The molecular weight excluding hydrogens is 316 g/mol. The first-order valence-corrected chi connectivity index (χ1v) is 8.70. The number of amides is 1. The Kier molecular flexibility index (Phi) is 7.07. The minimum absolute atomic E-state index is 0.189. The van der Waals surface area contributed by atoms with Crippen LogP contribution in [-0.2, 0) is 6.61 Å². The van der Waals surface area contributed by atoms with E-state index in [1.165, 1.54) is 5.56 Å². The summed E-state index contributed by atoms with van der Waals surface area (Å²) in [6, 6.07) is 11.5. The fourth-order valence-electron chi connectivity index (χ4n) is 2.37. The normalized spacial score (nSPS) is 11.1. The van der Waals surface area contributed by atoms with Gasteiger partial charge in [-0.1, -0.05) is 26.0 Å². The molecule has 1 heterocycles. The number of nitrogens with zero attached hydrogens (tertiary/aromatic N) is 1. The van der Waals surface area contributed by atoms with Crippen molar-refractivity contribution in [2.75, 3.05) is 27.2 Å². The summed E-state index contributed by atoms with van der Waals surface area (Å²) in [6.07, 6.45) is 0.905. The van der Waals surface area contributed by atoms with Crippen LogP contribution in [0.2, 0.25) is 0 Å². The molecule has 0 saturated carbocycles. The smallest absolute Gasteiger partial charge is 0.286 e. The SMILES string of the molecule is CC(C)c1ccc(OCc2ccc(C(=O)NCCCN(C)C)o2)cc1. The lowest BCUT2D eigenvalue weighted by atomic mass is 10.0. The van der Waals surface area contributed by atoms with Gasteiger partial charge in [0.15, 0.2) is 5.76 Å². The number of carbonyl (C=O) groups is 1. The van der Waals surface area contributed by atoms with E-state index in [4.69, 9.17) is 9.15 Å². The molecule has 2 rings (SSSR count). The third kappa shape index (κ3) is 6.27. The second-order valence-electron chi connectivity index (χ2n) is 6.69.